The molecule has 0 spiro atoms. The maximum atomic E-state index is 13.5. The first-order valence-electron chi connectivity index (χ1n) is 12.5. The lowest BCUT2D eigenvalue weighted by Crippen LogP contribution is -2.39. The lowest BCUT2D eigenvalue weighted by Gasteiger charge is -2.21. The minimum atomic E-state index is -3.94. The molecule has 0 radical (unpaired) electrons. The Kier molecular flexibility index (Phi) is 9.25. The summed E-state index contributed by atoms with van der Waals surface area (Å²) >= 11 is 0. The van der Waals surface area contributed by atoms with Gasteiger partial charge in [-0.15, -0.1) is 0 Å². The van der Waals surface area contributed by atoms with Gasteiger partial charge in [-0.2, -0.15) is 9.41 Å². The van der Waals surface area contributed by atoms with E-state index < -0.39 is 22.5 Å². The van der Waals surface area contributed by atoms with Gasteiger partial charge in [-0.25, -0.2) is 13.8 Å². The van der Waals surface area contributed by atoms with E-state index in [4.69, 9.17) is 4.74 Å². The molecule has 4 rings (SSSR count). The first-order valence-corrected chi connectivity index (χ1v) is 14.0. The lowest BCUT2D eigenvalue weighted by atomic mass is 10.1. The number of carbonyl (C=O) groups excluding carboxylic acids is 1. The Balaban J connectivity index is 1.46. The van der Waals surface area contributed by atoms with Crippen LogP contribution in [0.4, 0.5) is 0 Å². The van der Waals surface area contributed by atoms with Gasteiger partial charge in [-0.1, -0.05) is 90.0 Å². The zero-order chi connectivity index (χ0) is 27.7. The summed E-state index contributed by atoms with van der Waals surface area (Å²) in [5, 5.41) is 4.07. The van der Waals surface area contributed by atoms with Crippen LogP contribution < -0.4 is 10.2 Å². The first kappa shape index (κ1) is 27.8. The van der Waals surface area contributed by atoms with Crippen molar-refractivity contribution in [3.8, 4) is 5.75 Å². The molecule has 0 aliphatic carbocycles. The number of aryl methyl sites for hydroxylation is 2. The fourth-order valence-electron chi connectivity index (χ4n) is 3.81. The summed E-state index contributed by atoms with van der Waals surface area (Å²) in [6, 6.07) is 31.2. The Labute approximate surface area is 229 Å². The minimum Gasteiger partial charge on any atom is -0.488 e. The molecule has 4 aromatic carbocycles. The fraction of sp³-hybridized carbons (Fsp3) is 0.161. The quantitative estimate of drug-likeness (QED) is 0.208. The average molecular weight is 542 g/mol. The number of para-hydroxylation sites is 1. The summed E-state index contributed by atoms with van der Waals surface area (Å²) in [4.78, 5) is 13.0. The largest absolute Gasteiger partial charge is 0.488 e. The van der Waals surface area contributed by atoms with Crippen LogP contribution in [0.5, 0.6) is 5.75 Å². The molecule has 0 unspecified atom stereocenters. The molecule has 0 saturated carbocycles. The predicted octanol–water partition coefficient (Wildman–Crippen LogP) is 5.22. The molecule has 39 heavy (non-hydrogen) atoms. The van der Waals surface area contributed by atoms with E-state index in [2.05, 4.69) is 10.5 Å². The molecule has 7 nitrogen and oxygen atoms in total. The van der Waals surface area contributed by atoms with Crippen molar-refractivity contribution in [1.29, 1.82) is 0 Å². The molecule has 8 heteroatoms. The third kappa shape index (κ3) is 7.86. The summed E-state index contributed by atoms with van der Waals surface area (Å²) < 4.78 is 34.0. The van der Waals surface area contributed by atoms with Crippen LogP contribution in [0, 0.1) is 13.8 Å². The number of hydrogen-bond acceptors (Lipinski definition) is 5. The van der Waals surface area contributed by atoms with E-state index in [0.29, 0.717) is 17.9 Å². The van der Waals surface area contributed by atoms with Crippen LogP contribution in [0.2, 0.25) is 0 Å². The van der Waals surface area contributed by atoms with Crippen molar-refractivity contribution in [2.45, 2.75) is 31.9 Å². The molecule has 0 fully saturated rings. The van der Waals surface area contributed by atoms with Gasteiger partial charge in [0.15, 0.2) is 0 Å². The summed E-state index contributed by atoms with van der Waals surface area (Å²) in [5.41, 5.74) is 6.95. The van der Waals surface area contributed by atoms with Gasteiger partial charge in [0.05, 0.1) is 17.7 Å². The highest BCUT2D eigenvalue weighted by Crippen LogP contribution is 2.20. The van der Waals surface area contributed by atoms with Gasteiger partial charge >= 0.3 is 0 Å². The SMILES string of the molecule is Cc1ccc(CN(CC(=O)N/N=C/c2ccccc2OCc2ccccc2)S(=O)(=O)c2ccc(C)cc2)cc1. The van der Waals surface area contributed by atoms with Crippen LogP contribution in [-0.4, -0.2) is 31.4 Å². The van der Waals surface area contributed by atoms with E-state index in [9.17, 15) is 13.2 Å². The molecule has 0 saturated heterocycles. The number of benzene rings is 4. The molecular formula is C31H31N3O4S. The number of nitrogens with zero attached hydrogens (tertiary/aromatic N) is 2. The van der Waals surface area contributed by atoms with Crippen LogP contribution in [0.1, 0.15) is 27.8 Å². The Bertz CT molecular complexity index is 1520. The highest BCUT2D eigenvalue weighted by atomic mass is 32.2. The van der Waals surface area contributed by atoms with Crippen LogP contribution >= 0.6 is 0 Å². The second-order valence-corrected chi connectivity index (χ2v) is 11.1. The van der Waals surface area contributed by atoms with Gasteiger partial charge in [0.25, 0.3) is 5.91 Å². The number of nitrogens with one attached hydrogen (secondary N) is 1. The number of hydrogen-bond donors (Lipinski definition) is 1. The van der Waals surface area contributed by atoms with Crippen molar-refractivity contribution in [3.63, 3.8) is 0 Å². The first-order chi connectivity index (χ1) is 18.8. The zero-order valence-corrected chi connectivity index (χ0v) is 22.8. The van der Waals surface area contributed by atoms with Crippen molar-refractivity contribution < 1.29 is 17.9 Å². The number of amides is 1. The lowest BCUT2D eigenvalue weighted by molar-refractivity contribution is -0.121. The summed E-state index contributed by atoms with van der Waals surface area (Å²) in [6.45, 7) is 3.89. The van der Waals surface area contributed by atoms with Gasteiger partial charge in [-0.3, -0.25) is 4.79 Å². The van der Waals surface area contributed by atoms with E-state index in [1.54, 1.807) is 24.3 Å². The van der Waals surface area contributed by atoms with Crippen molar-refractivity contribution in [2.75, 3.05) is 6.54 Å². The smallest absolute Gasteiger partial charge is 0.255 e. The molecular weight excluding hydrogens is 510 g/mol. The Morgan fingerprint density at radius 1 is 0.821 bits per heavy atom. The summed E-state index contributed by atoms with van der Waals surface area (Å²) in [6.07, 6.45) is 1.48. The van der Waals surface area contributed by atoms with Crippen LogP contribution in [0.3, 0.4) is 0 Å². The molecule has 0 aromatic heterocycles. The van der Waals surface area contributed by atoms with Crippen molar-refractivity contribution in [2.24, 2.45) is 5.10 Å². The third-order valence-electron chi connectivity index (χ3n) is 6.01. The van der Waals surface area contributed by atoms with Gasteiger partial charge in [0.2, 0.25) is 10.0 Å². The summed E-state index contributed by atoms with van der Waals surface area (Å²) in [5.74, 6) is 0.0547. The number of rotatable bonds is 11. The van der Waals surface area contributed by atoms with Crippen molar-refractivity contribution >= 4 is 22.1 Å². The van der Waals surface area contributed by atoms with Crippen molar-refractivity contribution in [1.82, 2.24) is 9.73 Å². The van der Waals surface area contributed by atoms with Crippen molar-refractivity contribution in [3.05, 3.63) is 131 Å². The van der Waals surface area contributed by atoms with Gasteiger partial charge in [-0.05, 0) is 49.2 Å². The monoisotopic (exact) mass is 541 g/mol. The maximum Gasteiger partial charge on any atom is 0.255 e. The molecule has 0 heterocycles. The van der Waals surface area contributed by atoms with E-state index >= 15 is 0 Å². The second-order valence-electron chi connectivity index (χ2n) is 9.18. The topological polar surface area (TPSA) is 88.1 Å². The number of ether oxygens (including phenoxy) is 1. The van der Waals surface area contributed by atoms with Crippen LogP contribution in [0.15, 0.2) is 113 Å². The molecule has 200 valence electrons. The van der Waals surface area contributed by atoms with E-state index in [-0.39, 0.29) is 11.4 Å². The van der Waals surface area contributed by atoms with Crippen LogP contribution in [-0.2, 0) is 28.0 Å². The van der Waals surface area contributed by atoms with Gasteiger partial charge in [0, 0.05) is 12.1 Å². The minimum absolute atomic E-state index is 0.0454. The fourth-order valence-corrected chi connectivity index (χ4v) is 5.19. The van der Waals surface area contributed by atoms with Crippen LogP contribution in [0.25, 0.3) is 0 Å². The standard InChI is InChI=1S/C31H31N3O4S/c1-24-12-16-26(17-13-24)21-34(39(36,37)29-18-14-25(2)15-19-29)22-31(35)33-32-20-28-10-6-7-11-30(28)38-23-27-8-4-3-5-9-27/h3-20H,21-23H2,1-2H3,(H,33,35)/b32-20+. The van der Waals surface area contributed by atoms with E-state index in [0.717, 1.165) is 26.6 Å². The Morgan fingerprint density at radius 3 is 2.13 bits per heavy atom. The normalized spacial score (nSPS) is 11.6. The molecule has 1 N–H and O–H groups in total. The van der Waals surface area contributed by atoms with Gasteiger partial charge < -0.3 is 4.74 Å². The molecule has 1 amide bonds. The third-order valence-corrected chi connectivity index (χ3v) is 7.81. The van der Waals surface area contributed by atoms with E-state index in [1.165, 1.54) is 6.21 Å². The highest BCUT2D eigenvalue weighted by molar-refractivity contribution is 7.89. The van der Waals surface area contributed by atoms with E-state index in [1.807, 2.05) is 92.7 Å². The molecule has 0 aliphatic rings. The van der Waals surface area contributed by atoms with Gasteiger partial charge in [0.1, 0.15) is 12.4 Å². The summed E-state index contributed by atoms with van der Waals surface area (Å²) in [7, 11) is -3.94. The Hall–Kier alpha value is -4.27. The number of carbonyl (C=O) groups is 1. The molecule has 0 aliphatic heterocycles. The average Bonchev–Trinajstić information content (AvgIpc) is 2.94. The zero-order valence-electron chi connectivity index (χ0n) is 21.9. The second kappa shape index (κ2) is 13.0. The predicted molar refractivity (Wildman–Crippen MR) is 153 cm³/mol. The molecule has 0 atom stereocenters. The maximum absolute atomic E-state index is 13.5. The highest BCUT2D eigenvalue weighted by Gasteiger charge is 2.27. The molecule has 0 bridgehead atoms. The Morgan fingerprint density at radius 2 is 1.44 bits per heavy atom. The number of sulfonamides is 1. The molecule has 4 aromatic rings. The number of hydrazone groups is 1.